The van der Waals surface area contributed by atoms with Crippen LogP contribution >= 0.6 is 0 Å². The molecule has 1 fully saturated rings. The van der Waals surface area contributed by atoms with Crippen LogP contribution in [0.5, 0.6) is 5.75 Å². The number of hydrogen-bond donors (Lipinski definition) is 3. The molecule has 0 heterocycles. The van der Waals surface area contributed by atoms with Crippen molar-refractivity contribution in [2.45, 2.75) is 37.6 Å². The largest absolute Gasteiger partial charge is 0.505 e. The monoisotopic (exact) mass is 431 g/mol. The lowest BCUT2D eigenvalue weighted by Gasteiger charge is -2.37. The van der Waals surface area contributed by atoms with Gasteiger partial charge in [0.25, 0.3) is 5.91 Å². The minimum atomic E-state index is -0.310. The molecule has 0 unspecified atom stereocenters. The van der Waals surface area contributed by atoms with Crippen LogP contribution in [0, 0.1) is 0 Å². The van der Waals surface area contributed by atoms with Crippen molar-refractivity contribution in [2.75, 3.05) is 19.4 Å². The van der Waals surface area contributed by atoms with Gasteiger partial charge in [-0.3, -0.25) is 9.59 Å². The predicted molar refractivity (Wildman–Crippen MR) is 125 cm³/mol. The summed E-state index contributed by atoms with van der Waals surface area (Å²) in [5.74, 6) is -0.320. The van der Waals surface area contributed by atoms with Gasteiger partial charge in [0, 0.05) is 31.6 Å². The van der Waals surface area contributed by atoms with Gasteiger partial charge < -0.3 is 20.6 Å². The van der Waals surface area contributed by atoms with Crippen LogP contribution in [-0.4, -0.2) is 41.8 Å². The quantitative estimate of drug-likeness (QED) is 0.472. The summed E-state index contributed by atoms with van der Waals surface area (Å²) >= 11 is 0. The van der Waals surface area contributed by atoms with Gasteiger partial charge in [-0.05, 0) is 30.5 Å². The van der Waals surface area contributed by atoms with Crippen molar-refractivity contribution in [3.05, 3.63) is 83.2 Å². The Morgan fingerprint density at radius 2 is 1.75 bits per heavy atom. The molecule has 32 heavy (non-hydrogen) atoms. The van der Waals surface area contributed by atoms with E-state index < -0.39 is 0 Å². The van der Waals surface area contributed by atoms with Crippen molar-refractivity contribution < 1.29 is 14.7 Å². The molecular formula is C26H29N3O3. The van der Waals surface area contributed by atoms with E-state index in [2.05, 4.69) is 41.5 Å². The smallest absolute Gasteiger partial charge is 0.257 e. The van der Waals surface area contributed by atoms with Crippen molar-refractivity contribution in [1.82, 2.24) is 10.2 Å². The molecule has 166 valence electrons. The molecule has 0 radical (unpaired) electrons. The second-order valence-corrected chi connectivity index (χ2v) is 8.64. The number of phenolic OH excluding ortho intramolecular Hbond substituents is 1. The number of carbonyl (C=O) groups is 2. The third-order valence-electron chi connectivity index (χ3n) is 6.31. The lowest BCUT2D eigenvalue weighted by atomic mass is 9.79. The van der Waals surface area contributed by atoms with Gasteiger partial charge >= 0.3 is 0 Å². The van der Waals surface area contributed by atoms with Crippen LogP contribution in [-0.2, 0) is 4.79 Å². The lowest BCUT2D eigenvalue weighted by Crippen LogP contribution is -2.43. The molecular weight excluding hydrogens is 402 g/mol. The summed E-state index contributed by atoms with van der Waals surface area (Å²) in [5, 5.41) is 17.3. The van der Waals surface area contributed by atoms with E-state index in [0.717, 1.165) is 19.3 Å². The fraction of sp³-hybridized carbons (Fsp3) is 0.308. The van der Waals surface area contributed by atoms with Gasteiger partial charge in [0.05, 0.1) is 16.9 Å². The van der Waals surface area contributed by atoms with E-state index in [4.69, 9.17) is 0 Å². The van der Waals surface area contributed by atoms with Crippen molar-refractivity contribution in [1.29, 1.82) is 0 Å². The van der Waals surface area contributed by atoms with Gasteiger partial charge in [-0.2, -0.15) is 0 Å². The van der Waals surface area contributed by atoms with Gasteiger partial charge in [-0.15, -0.1) is 0 Å². The Kier molecular flexibility index (Phi) is 6.04. The summed E-state index contributed by atoms with van der Waals surface area (Å²) in [6, 6.07) is 15.5. The molecule has 2 aliphatic rings. The van der Waals surface area contributed by atoms with Crippen LogP contribution in [0.3, 0.4) is 0 Å². The standard InChI is InChI=1S/C26H29N3O3/c1-16-22(27-20-14-8-7-12-18(20)17-10-5-4-6-11-17)23(24(16)30)28-21-15-9-13-19(25(21)31)26(32)29(2)3/h4-6,9-11,13,15,18,20,27-28,31H,1,7-8,12,14H2,2-3H3/t18-,20-/m0/s1. The molecule has 2 aromatic rings. The van der Waals surface area contributed by atoms with Crippen molar-refractivity contribution in [3.8, 4) is 5.75 Å². The average Bonchev–Trinajstić information content (AvgIpc) is 2.82. The Morgan fingerprint density at radius 1 is 1.03 bits per heavy atom. The molecule has 0 aromatic heterocycles. The molecule has 3 N–H and O–H groups in total. The van der Waals surface area contributed by atoms with E-state index in [1.165, 1.54) is 16.9 Å². The van der Waals surface area contributed by atoms with Crippen LogP contribution in [0.25, 0.3) is 0 Å². The second-order valence-electron chi connectivity index (χ2n) is 8.64. The number of nitrogens with zero attached hydrogens (tertiary/aromatic N) is 1. The highest BCUT2D eigenvalue weighted by atomic mass is 16.3. The highest BCUT2D eigenvalue weighted by Gasteiger charge is 2.36. The first-order valence-corrected chi connectivity index (χ1v) is 11.0. The Balaban J connectivity index is 1.60. The maximum Gasteiger partial charge on any atom is 0.257 e. The summed E-state index contributed by atoms with van der Waals surface area (Å²) < 4.78 is 0. The van der Waals surface area contributed by atoms with Crippen LogP contribution in [0.1, 0.15) is 47.5 Å². The number of ketones is 1. The molecule has 4 rings (SSSR count). The Labute approximate surface area is 188 Å². The highest BCUT2D eigenvalue weighted by Crippen LogP contribution is 2.38. The van der Waals surface area contributed by atoms with E-state index in [9.17, 15) is 14.7 Å². The summed E-state index contributed by atoms with van der Waals surface area (Å²) in [7, 11) is 3.25. The fourth-order valence-electron chi connectivity index (χ4n) is 4.53. The summed E-state index contributed by atoms with van der Waals surface area (Å²) in [6.07, 6.45) is 4.42. The zero-order valence-electron chi connectivity index (χ0n) is 18.5. The lowest BCUT2D eigenvalue weighted by molar-refractivity contribution is -0.113. The number of anilines is 1. The minimum absolute atomic E-state index is 0.178. The molecule has 0 saturated heterocycles. The summed E-state index contributed by atoms with van der Waals surface area (Å²) in [4.78, 5) is 26.3. The number of Topliss-reactive ketones (excluding diaryl/α,β-unsaturated/α-hetero) is 1. The average molecular weight is 432 g/mol. The van der Waals surface area contributed by atoms with Gasteiger partial charge in [0.15, 0.2) is 5.75 Å². The summed E-state index contributed by atoms with van der Waals surface area (Å²) in [6.45, 7) is 3.94. The molecule has 1 saturated carbocycles. The number of amides is 1. The third kappa shape index (κ3) is 4.00. The number of carbonyl (C=O) groups excluding carboxylic acids is 2. The predicted octanol–water partition coefficient (Wildman–Crippen LogP) is 4.17. The number of para-hydroxylation sites is 1. The molecule has 6 nitrogen and oxygen atoms in total. The maximum atomic E-state index is 12.6. The van der Waals surface area contributed by atoms with Crippen LogP contribution in [0.4, 0.5) is 5.69 Å². The Hall–Kier alpha value is -3.54. The molecule has 0 aliphatic heterocycles. The van der Waals surface area contributed by atoms with Gasteiger partial charge in [-0.1, -0.05) is 55.8 Å². The maximum absolute atomic E-state index is 12.6. The topological polar surface area (TPSA) is 81.7 Å². The van der Waals surface area contributed by atoms with Crippen molar-refractivity contribution >= 4 is 17.4 Å². The number of nitrogens with one attached hydrogen (secondary N) is 2. The highest BCUT2D eigenvalue weighted by molar-refractivity contribution is 6.21. The van der Waals surface area contributed by atoms with Crippen LogP contribution in [0.15, 0.2) is 72.1 Å². The van der Waals surface area contributed by atoms with Crippen molar-refractivity contribution in [3.63, 3.8) is 0 Å². The van der Waals surface area contributed by atoms with Crippen LogP contribution in [0.2, 0.25) is 0 Å². The number of benzene rings is 2. The van der Waals surface area contributed by atoms with Gasteiger partial charge in [0.1, 0.15) is 5.70 Å². The first-order chi connectivity index (χ1) is 15.4. The molecule has 1 amide bonds. The molecule has 0 bridgehead atoms. The SMILES string of the molecule is C=C1C(=O)C(Nc2cccc(C(=O)N(C)C)c2O)=C1N[C@H]1CCCC[C@H]1c1ccccc1. The number of aromatic hydroxyl groups is 1. The normalized spacial score (nSPS) is 20.6. The molecule has 0 spiro atoms. The van der Waals surface area contributed by atoms with E-state index in [1.807, 2.05) is 6.07 Å². The van der Waals surface area contributed by atoms with E-state index in [0.29, 0.717) is 28.6 Å². The zero-order valence-corrected chi connectivity index (χ0v) is 18.5. The number of allylic oxidation sites excluding steroid dienone is 2. The molecule has 2 aliphatic carbocycles. The van der Waals surface area contributed by atoms with E-state index in [-0.39, 0.29) is 29.0 Å². The Bertz CT molecular complexity index is 1090. The molecule has 6 heteroatoms. The number of rotatable bonds is 6. The van der Waals surface area contributed by atoms with E-state index >= 15 is 0 Å². The number of phenols is 1. The van der Waals surface area contributed by atoms with Gasteiger partial charge in [0.2, 0.25) is 5.78 Å². The van der Waals surface area contributed by atoms with E-state index in [1.54, 1.807) is 32.3 Å². The summed E-state index contributed by atoms with van der Waals surface area (Å²) in [5.41, 5.74) is 3.28. The van der Waals surface area contributed by atoms with Gasteiger partial charge in [-0.25, -0.2) is 0 Å². The van der Waals surface area contributed by atoms with Crippen LogP contribution < -0.4 is 10.6 Å². The zero-order chi connectivity index (χ0) is 22.8. The second kappa shape index (κ2) is 8.91. The third-order valence-corrected chi connectivity index (χ3v) is 6.31. The first kappa shape index (κ1) is 21.7. The number of hydrogen-bond acceptors (Lipinski definition) is 5. The molecule has 2 aromatic carbocycles. The first-order valence-electron chi connectivity index (χ1n) is 11.0. The van der Waals surface area contributed by atoms with Crippen molar-refractivity contribution in [2.24, 2.45) is 0 Å². The molecule has 2 atom stereocenters. The Morgan fingerprint density at radius 3 is 2.47 bits per heavy atom. The fourth-order valence-corrected chi connectivity index (χ4v) is 4.53. The minimum Gasteiger partial charge on any atom is -0.505 e.